The normalized spacial score (nSPS) is 11.9. The lowest BCUT2D eigenvalue weighted by molar-refractivity contribution is 0.597. The van der Waals surface area contributed by atoms with Gasteiger partial charge in [-0.2, -0.15) is 5.10 Å². The number of hydrogen-bond acceptors (Lipinski definition) is 3. The van der Waals surface area contributed by atoms with Crippen LogP contribution in [0.25, 0.3) is 0 Å². The molecule has 0 unspecified atom stereocenters. The minimum atomic E-state index is -0.285. The molecule has 2 aromatic heterocycles. The van der Waals surface area contributed by atoms with Gasteiger partial charge in [0.25, 0.3) is 0 Å². The zero-order valence-electron chi connectivity index (χ0n) is 11.6. The third kappa shape index (κ3) is 2.41. The van der Waals surface area contributed by atoms with Crippen LogP contribution in [0.1, 0.15) is 29.3 Å². The molecule has 2 heterocycles. The number of halogens is 1. The number of pyridine rings is 1. The third-order valence-corrected chi connectivity index (χ3v) is 3.05. The van der Waals surface area contributed by atoms with Crippen molar-refractivity contribution in [1.82, 2.24) is 14.8 Å². The Balaban J connectivity index is 2.62. The van der Waals surface area contributed by atoms with Gasteiger partial charge < -0.3 is 0 Å². The van der Waals surface area contributed by atoms with Crippen LogP contribution in [0.3, 0.4) is 0 Å². The molecule has 4 nitrogen and oxygen atoms in total. The predicted octanol–water partition coefficient (Wildman–Crippen LogP) is 2.29. The number of aryl methyl sites for hydroxylation is 3. The summed E-state index contributed by atoms with van der Waals surface area (Å²) in [6.07, 6.45) is 5.77. The lowest BCUT2D eigenvalue weighted by Gasteiger charge is -2.11. The van der Waals surface area contributed by atoms with Gasteiger partial charge in [-0.25, -0.2) is 4.39 Å². The number of hydrogen-bond donors (Lipinski definition) is 0. The minimum absolute atomic E-state index is 0.285. The maximum Gasteiger partial charge on any atom is 0.154 e. The lowest BCUT2D eigenvalue weighted by Crippen LogP contribution is -2.11. The van der Waals surface area contributed by atoms with Gasteiger partial charge in [0, 0.05) is 37.6 Å². The zero-order chi connectivity index (χ0) is 14.0. The Morgan fingerprint density at radius 1 is 1.42 bits per heavy atom. The Kier molecular flexibility index (Phi) is 3.74. The van der Waals surface area contributed by atoms with E-state index in [0.717, 1.165) is 11.1 Å². The molecule has 2 rings (SSSR count). The lowest BCUT2D eigenvalue weighted by atomic mass is 9.99. The average Bonchev–Trinajstić information content (AvgIpc) is 2.81. The molecule has 0 aliphatic heterocycles. The van der Waals surface area contributed by atoms with Crippen molar-refractivity contribution >= 4 is 5.71 Å². The highest BCUT2D eigenvalue weighted by Gasteiger charge is 2.18. The van der Waals surface area contributed by atoms with Gasteiger partial charge in [0.2, 0.25) is 0 Å². The molecule has 5 heteroatoms. The molecule has 0 saturated heterocycles. The first-order valence-electron chi connectivity index (χ1n) is 6.18. The summed E-state index contributed by atoms with van der Waals surface area (Å²) in [5, 5.41) is 4.11. The Morgan fingerprint density at radius 2 is 2.16 bits per heavy atom. The fourth-order valence-corrected chi connectivity index (χ4v) is 2.08. The maximum absolute atomic E-state index is 14.5. The van der Waals surface area contributed by atoms with E-state index in [1.165, 1.54) is 0 Å². The molecule has 0 aromatic carbocycles. The van der Waals surface area contributed by atoms with Gasteiger partial charge in [-0.3, -0.25) is 14.7 Å². The van der Waals surface area contributed by atoms with E-state index in [-0.39, 0.29) is 5.82 Å². The van der Waals surface area contributed by atoms with E-state index in [9.17, 15) is 4.39 Å². The molecule has 100 valence electrons. The largest absolute Gasteiger partial charge is 0.287 e. The molecule has 0 spiro atoms. The second-order valence-corrected chi connectivity index (χ2v) is 4.41. The molecule has 0 fully saturated rings. The molecule has 0 aliphatic rings. The van der Waals surface area contributed by atoms with Crippen LogP contribution in [0, 0.1) is 12.7 Å². The number of aliphatic imine (C=N–C) groups is 1. The molecule has 0 N–H and O–H groups in total. The van der Waals surface area contributed by atoms with E-state index in [0.29, 0.717) is 23.4 Å². The van der Waals surface area contributed by atoms with E-state index in [4.69, 9.17) is 0 Å². The van der Waals surface area contributed by atoms with Crippen molar-refractivity contribution in [3.05, 3.63) is 46.8 Å². The summed E-state index contributed by atoms with van der Waals surface area (Å²) in [7, 11) is 3.48. The van der Waals surface area contributed by atoms with Gasteiger partial charge in [0.15, 0.2) is 5.82 Å². The first kappa shape index (κ1) is 13.4. The molecule has 0 atom stereocenters. The van der Waals surface area contributed by atoms with Crippen LogP contribution in [0.15, 0.2) is 23.6 Å². The van der Waals surface area contributed by atoms with E-state index in [2.05, 4.69) is 15.1 Å². The second kappa shape index (κ2) is 5.30. The van der Waals surface area contributed by atoms with E-state index in [1.807, 2.05) is 27.1 Å². The van der Waals surface area contributed by atoms with Crippen molar-refractivity contribution in [3.63, 3.8) is 0 Å². The first-order valence-corrected chi connectivity index (χ1v) is 6.18. The van der Waals surface area contributed by atoms with Crippen LogP contribution < -0.4 is 0 Å². The van der Waals surface area contributed by atoms with Crippen molar-refractivity contribution < 1.29 is 4.39 Å². The summed E-state index contributed by atoms with van der Waals surface area (Å²) in [5.41, 5.74) is 3.17. The van der Waals surface area contributed by atoms with Crippen molar-refractivity contribution in [1.29, 1.82) is 0 Å². The fraction of sp³-hybridized carbons (Fsp3) is 0.357. The van der Waals surface area contributed by atoms with Gasteiger partial charge >= 0.3 is 0 Å². The Bertz CT molecular complexity index is 628. The fourth-order valence-electron chi connectivity index (χ4n) is 2.08. The summed E-state index contributed by atoms with van der Waals surface area (Å²) in [5.74, 6) is -0.285. The van der Waals surface area contributed by atoms with Crippen LogP contribution in [-0.4, -0.2) is 27.5 Å². The van der Waals surface area contributed by atoms with Crippen LogP contribution in [0.2, 0.25) is 0 Å². The molecular weight excluding hydrogens is 243 g/mol. The highest BCUT2D eigenvalue weighted by atomic mass is 19.1. The standard InChI is InChI=1S/C14H17FN4/c1-5-11-13(15)12(9(2)6-17-11)14(16-3)10-7-18-19(4)8-10/h6-8H,5H2,1-4H3. The smallest absolute Gasteiger partial charge is 0.154 e. The molecule has 0 amide bonds. The first-order chi connectivity index (χ1) is 9.08. The highest BCUT2D eigenvalue weighted by molar-refractivity contribution is 6.13. The Hall–Kier alpha value is -2.04. The van der Waals surface area contributed by atoms with Crippen molar-refractivity contribution in [2.24, 2.45) is 12.0 Å². The van der Waals surface area contributed by atoms with Crippen molar-refractivity contribution in [2.45, 2.75) is 20.3 Å². The number of aromatic nitrogens is 3. The van der Waals surface area contributed by atoms with Gasteiger partial charge in [-0.1, -0.05) is 6.92 Å². The van der Waals surface area contributed by atoms with Gasteiger partial charge in [0.1, 0.15) is 0 Å². The third-order valence-electron chi connectivity index (χ3n) is 3.05. The molecule has 0 radical (unpaired) electrons. The molecular formula is C14H17FN4. The summed E-state index contributed by atoms with van der Waals surface area (Å²) < 4.78 is 16.2. The topological polar surface area (TPSA) is 43.1 Å². The summed E-state index contributed by atoms with van der Waals surface area (Å²) in [6.45, 7) is 3.73. The predicted molar refractivity (Wildman–Crippen MR) is 73.1 cm³/mol. The van der Waals surface area contributed by atoms with Crippen molar-refractivity contribution in [2.75, 3.05) is 7.05 Å². The van der Waals surface area contributed by atoms with Crippen molar-refractivity contribution in [3.8, 4) is 0 Å². The van der Waals surface area contributed by atoms with Gasteiger partial charge in [-0.05, 0) is 18.9 Å². The SMILES string of the molecule is CCc1ncc(C)c(C(=NC)c2cnn(C)c2)c1F. The maximum atomic E-state index is 14.5. The molecule has 19 heavy (non-hydrogen) atoms. The van der Waals surface area contributed by atoms with Crippen LogP contribution >= 0.6 is 0 Å². The number of rotatable bonds is 3. The van der Waals surface area contributed by atoms with E-state index >= 15 is 0 Å². The number of nitrogens with zero attached hydrogens (tertiary/aromatic N) is 4. The van der Waals surface area contributed by atoms with Crippen LogP contribution in [0.4, 0.5) is 4.39 Å². The highest BCUT2D eigenvalue weighted by Crippen LogP contribution is 2.20. The Labute approximate surface area is 112 Å². The minimum Gasteiger partial charge on any atom is -0.287 e. The van der Waals surface area contributed by atoms with E-state index < -0.39 is 0 Å². The van der Waals surface area contributed by atoms with E-state index in [1.54, 1.807) is 24.1 Å². The second-order valence-electron chi connectivity index (χ2n) is 4.41. The summed E-state index contributed by atoms with van der Waals surface area (Å²) in [6, 6.07) is 0. The molecule has 2 aromatic rings. The summed E-state index contributed by atoms with van der Waals surface area (Å²) in [4.78, 5) is 8.36. The summed E-state index contributed by atoms with van der Waals surface area (Å²) >= 11 is 0. The quantitative estimate of drug-likeness (QED) is 0.795. The van der Waals surface area contributed by atoms with Crippen LogP contribution in [-0.2, 0) is 13.5 Å². The Morgan fingerprint density at radius 3 is 2.68 bits per heavy atom. The molecule has 0 bridgehead atoms. The van der Waals surface area contributed by atoms with Gasteiger partial charge in [-0.15, -0.1) is 0 Å². The zero-order valence-corrected chi connectivity index (χ0v) is 11.6. The van der Waals surface area contributed by atoms with Crippen LogP contribution in [0.5, 0.6) is 0 Å². The van der Waals surface area contributed by atoms with Gasteiger partial charge in [0.05, 0.1) is 17.6 Å². The monoisotopic (exact) mass is 260 g/mol. The molecule has 0 saturated carbocycles. The molecule has 0 aliphatic carbocycles. The average molecular weight is 260 g/mol.